The van der Waals surface area contributed by atoms with Gasteiger partial charge in [-0.15, -0.1) is 0 Å². The van der Waals surface area contributed by atoms with E-state index in [1.807, 2.05) is 0 Å². The fourth-order valence-corrected chi connectivity index (χ4v) is 2.68. The molecule has 0 aliphatic carbocycles. The van der Waals surface area contributed by atoms with Crippen LogP contribution >= 0.6 is 12.6 Å². The number of hydrogen-bond acceptors (Lipinski definition) is 2. The lowest BCUT2D eigenvalue weighted by molar-refractivity contribution is 0.590. The second-order valence-electron chi connectivity index (χ2n) is 5.41. The van der Waals surface area contributed by atoms with E-state index in [9.17, 15) is 0 Å². The average molecular weight is 279 g/mol. The minimum absolute atomic E-state index is 1.04. The SMILES string of the molecule is Cc1ccccc1N(C)CCCCCCCCCS. The highest BCUT2D eigenvalue weighted by atomic mass is 32.1. The van der Waals surface area contributed by atoms with Crippen molar-refractivity contribution in [2.75, 3.05) is 24.2 Å². The molecule has 108 valence electrons. The Labute approximate surface area is 124 Å². The molecular formula is C17H29NS. The van der Waals surface area contributed by atoms with Crippen molar-refractivity contribution >= 4 is 18.3 Å². The number of hydrogen-bond donors (Lipinski definition) is 1. The van der Waals surface area contributed by atoms with E-state index in [1.165, 1.54) is 62.7 Å². The number of nitrogens with zero attached hydrogens (tertiary/aromatic N) is 1. The van der Waals surface area contributed by atoms with Crippen LogP contribution in [0, 0.1) is 6.92 Å². The maximum absolute atomic E-state index is 4.24. The zero-order valence-electron chi connectivity index (χ0n) is 12.6. The molecule has 1 aromatic carbocycles. The number of aryl methyl sites for hydroxylation is 1. The third kappa shape index (κ3) is 6.91. The molecule has 0 fully saturated rings. The van der Waals surface area contributed by atoms with E-state index >= 15 is 0 Å². The highest BCUT2D eigenvalue weighted by Crippen LogP contribution is 2.18. The molecule has 1 aromatic rings. The molecule has 0 atom stereocenters. The number of unbranched alkanes of at least 4 members (excludes halogenated alkanes) is 6. The number of anilines is 1. The third-order valence-corrected chi connectivity index (χ3v) is 3.99. The Balaban J connectivity index is 2.08. The van der Waals surface area contributed by atoms with Crippen molar-refractivity contribution in [2.45, 2.75) is 51.9 Å². The normalized spacial score (nSPS) is 10.7. The standard InChI is InChI=1S/C17H29NS/c1-16-12-8-9-13-17(16)18(2)14-10-6-4-3-5-7-11-15-19/h8-9,12-13,19H,3-7,10-11,14-15H2,1-2H3. The molecule has 19 heavy (non-hydrogen) atoms. The molecule has 0 saturated heterocycles. The van der Waals surface area contributed by atoms with Crippen molar-refractivity contribution in [3.05, 3.63) is 29.8 Å². The molecule has 0 bridgehead atoms. The van der Waals surface area contributed by atoms with Gasteiger partial charge < -0.3 is 4.90 Å². The molecule has 0 aromatic heterocycles. The summed E-state index contributed by atoms with van der Waals surface area (Å²) >= 11 is 4.24. The number of benzene rings is 1. The fourth-order valence-electron chi connectivity index (χ4n) is 2.46. The summed E-state index contributed by atoms with van der Waals surface area (Å²) in [6.07, 6.45) is 9.45. The van der Waals surface area contributed by atoms with Crippen LogP contribution in [0.3, 0.4) is 0 Å². The molecule has 0 aliphatic rings. The molecule has 0 amide bonds. The van der Waals surface area contributed by atoms with E-state index in [0.717, 1.165) is 5.75 Å². The quantitative estimate of drug-likeness (QED) is 0.461. The van der Waals surface area contributed by atoms with Crippen molar-refractivity contribution in [3.8, 4) is 0 Å². The van der Waals surface area contributed by atoms with Gasteiger partial charge in [0.15, 0.2) is 0 Å². The monoisotopic (exact) mass is 279 g/mol. The molecule has 0 N–H and O–H groups in total. The third-order valence-electron chi connectivity index (χ3n) is 3.68. The van der Waals surface area contributed by atoms with E-state index in [2.05, 4.69) is 55.8 Å². The Hall–Kier alpha value is -0.630. The Morgan fingerprint density at radius 3 is 2.11 bits per heavy atom. The first-order chi connectivity index (χ1) is 9.25. The van der Waals surface area contributed by atoms with Gasteiger partial charge >= 0.3 is 0 Å². The Morgan fingerprint density at radius 1 is 0.895 bits per heavy atom. The van der Waals surface area contributed by atoms with Crippen LogP contribution in [-0.2, 0) is 0 Å². The van der Waals surface area contributed by atoms with Gasteiger partial charge in [-0.05, 0) is 37.1 Å². The van der Waals surface area contributed by atoms with Gasteiger partial charge in [0.25, 0.3) is 0 Å². The minimum Gasteiger partial charge on any atom is -0.374 e. The second kappa shape index (κ2) is 10.2. The Kier molecular flexibility index (Phi) is 8.81. The smallest absolute Gasteiger partial charge is 0.0393 e. The molecule has 0 saturated carbocycles. The highest BCUT2D eigenvalue weighted by molar-refractivity contribution is 7.80. The zero-order valence-corrected chi connectivity index (χ0v) is 13.5. The van der Waals surface area contributed by atoms with Crippen LogP contribution in [0.25, 0.3) is 0 Å². The molecule has 0 spiro atoms. The molecule has 0 heterocycles. The Bertz CT molecular complexity index is 338. The largest absolute Gasteiger partial charge is 0.374 e. The zero-order chi connectivity index (χ0) is 13.9. The number of thiol groups is 1. The van der Waals surface area contributed by atoms with Crippen LogP contribution in [-0.4, -0.2) is 19.3 Å². The van der Waals surface area contributed by atoms with Gasteiger partial charge in [-0.3, -0.25) is 0 Å². The lowest BCUT2D eigenvalue weighted by atomic mass is 10.1. The van der Waals surface area contributed by atoms with Crippen LogP contribution in [0.5, 0.6) is 0 Å². The summed E-state index contributed by atoms with van der Waals surface area (Å²) in [7, 11) is 2.20. The van der Waals surface area contributed by atoms with Gasteiger partial charge in [-0.1, -0.05) is 50.3 Å². The van der Waals surface area contributed by atoms with E-state index in [4.69, 9.17) is 0 Å². The predicted molar refractivity (Wildman–Crippen MR) is 90.6 cm³/mol. The molecule has 0 unspecified atom stereocenters. The van der Waals surface area contributed by atoms with Crippen LogP contribution in [0.1, 0.15) is 50.5 Å². The van der Waals surface area contributed by atoms with E-state index < -0.39 is 0 Å². The summed E-state index contributed by atoms with van der Waals surface area (Å²) in [5, 5.41) is 0. The number of para-hydroxylation sites is 1. The van der Waals surface area contributed by atoms with Crippen molar-refractivity contribution in [1.29, 1.82) is 0 Å². The van der Waals surface area contributed by atoms with Gasteiger partial charge in [0.2, 0.25) is 0 Å². The summed E-state index contributed by atoms with van der Waals surface area (Å²) in [6.45, 7) is 3.36. The second-order valence-corrected chi connectivity index (χ2v) is 5.85. The van der Waals surface area contributed by atoms with Gasteiger partial charge in [-0.25, -0.2) is 0 Å². The lowest BCUT2D eigenvalue weighted by Gasteiger charge is -2.21. The maximum Gasteiger partial charge on any atom is 0.0393 e. The van der Waals surface area contributed by atoms with E-state index in [-0.39, 0.29) is 0 Å². The van der Waals surface area contributed by atoms with Crippen molar-refractivity contribution < 1.29 is 0 Å². The lowest BCUT2D eigenvalue weighted by Crippen LogP contribution is -2.19. The summed E-state index contributed by atoms with van der Waals surface area (Å²) in [5.41, 5.74) is 2.74. The maximum atomic E-state index is 4.24. The van der Waals surface area contributed by atoms with Crippen LogP contribution in [0.2, 0.25) is 0 Å². The number of rotatable bonds is 10. The summed E-state index contributed by atoms with van der Waals surface area (Å²) in [4.78, 5) is 2.39. The first-order valence-corrected chi connectivity index (χ1v) is 8.26. The average Bonchev–Trinajstić information content (AvgIpc) is 2.42. The van der Waals surface area contributed by atoms with Crippen LogP contribution in [0.15, 0.2) is 24.3 Å². The first kappa shape index (κ1) is 16.4. The molecular weight excluding hydrogens is 250 g/mol. The summed E-state index contributed by atoms with van der Waals surface area (Å²) in [5.74, 6) is 1.04. The van der Waals surface area contributed by atoms with Crippen molar-refractivity contribution in [2.24, 2.45) is 0 Å². The van der Waals surface area contributed by atoms with Crippen molar-refractivity contribution in [1.82, 2.24) is 0 Å². The van der Waals surface area contributed by atoms with Gasteiger partial charge in [0, 0.05) is 19.3 Å². The van der Waals surface area contributed by atoms with Crippen LogP contribution in [0.4, 0.5) is 5.69 Å². The first-order valence-electron chi connectivity index (χ1n) is 7.63. The Morgan fingerprint density at radius 2 is 1.47 bits per heavy atom. The topological polar surface area (TPSA) is 3.24 Å². The van der Waals surface area contributed by atoms with Gasteiger partial charge in [0.05, 0.1) is 0 Å². The molecule has 1 rings (SSSR count). The minimum atomic E-state index is 1.04. The molecule has 0 radical (unpaired) electrons. The van der Waals surface area contributed by atoms with Crippen molar-refractivity contribution in [3.63, 3.8) is 0 Å². The van der Waals surface area contributed by atoms with Gasteiger partial charge in [-0.2, -0.15) is 12.6 Å². The summed E-state index contributed by atoms with van der Waals surface area (Å²) < 4.78 is 0. The van der Waals surface area contributed by atoms with Crippen LogP contribution < -0.4 is 4.90 Å². The van der Waals surface area contributed by atoms with Gasteiger partial charge in [0.1, 0.15) is 0 Å². The fraction of sp³-hybridized carbons (Fsp3) is 0.647. The predicted octanol–water partition coefficient (Wildman–Crippen LogP) is 5.09. The molecule has 0 aliphatic heterocycles. The summed E-state index contributed by atoms with van der Waals surface area (Å²) in [6, 6.07) is 8.64. The van der Waals surface area contributed by atoms with E-state index in [1.54, 1.807) is 0 Å². The van der Waals surface area contributed by atoms with E-state index in [0.29, 0.717) is 0 Å². The molecule has 2 heteroatoms. The highest BCUT2D eigenvalue weighted by Gasteiger charge is 2.02. The molecule has 1 nitrogen and oxygen atoms in total.